The first kappa shape index (κ1) is 18.6. The number of hydrogen-bond acceptors (Lipinski definition) is 7. The van der Waals surface area contributed by atoms with E-state index in [0.717, 1.165) is 6.07 Å². The van der Waals surface area contributed by atoms with Crippen LogP contribution in [0.2, 0.25) is 0 Å². The molecule has 2 aromatic carbocycles. The first-order valence-electron chi connectivity index (χ1n) is 7.41. The van der Waals surface area contributed by atoms with Gasteiger partial charge in [0.2, 0.25) is 0 Å². The number of benzene rings is 2. The molecule has 2 aromatic rings. The molecule has 0 aliphatic heterocycles. The van der Waals surface area contributed by atoms with E-state index >= 15 is 0 Å². The summed E-state index contributed by atoms with van der Waals surface area (Å²) in [4.78, 5) is 13.1. The summed E-state index contributed by atoms with van der Waals surface area (Å²) >= 11 is 0. The van der Waals surface area contributed by atoms with Gasteiger partial charge in [0.1, 0.15) is 11.5 Å². The average Bonchev–Trinajstić information content (AvgIpc) is 2.60. The number of carbonyl (C=O) groups is 1. The van der Waals surface area contributed by atoms with Crippen molar-refractivity contribution in [3.05, 3.63) is 47.5 Å². The molecule has 0 bridgehead atoms. The molecule has 0 saturated carbocycles. The highest BCUT2D eigenvalue weighted by molar-refractivity contribution is 6.04. The number of hydrogen-bond donors (Lipinski definition) is 3. The normalized spacial score (nSPS) is 12.2. The maximum atomic E-state index is 13.1. The third kappa shape index (κ3) is 3.84. The lowest BCUT2D eigenvalue weighted by Gasteiger charge is -2.24. The van der Waals surface area contributed by atoms with Gasteiger partial charge >= 0.3 is 0 Å². The largest absolute Gasteiger partial charge is 0.508 e. The van der Waals surface area contributed by atoms with Crippen LogP contribution < -0.4 is 4.74 Å². The zero-order chi connectivity index (χ0) is 18.6. The second kappa shape index (κ2) is 7.87. The van der Waals surface area contributed by atoms with Gasteiger partial charge in [-0.15, -0.1) is 0 Å². The highest BCUT2D eigenvalue weighted by atomic mass is 16.7. The lowest BCUT2D eigenvalue weighted by molar-refractivity contribution is -0.110. The molecule has 7 nitrogen and oxygen atoms in total. The van der Waals surface area contributed by atoms with E-state index < -0.39 is 23.7 Å². The van der Waals surface area contributed by atoms with Gasteiger partial charge in [-0.25, -0.2) is 0 Å². The minimum absolute atomic E-state index is 0.0492. The molecule has 0 unspecified atom stereocenters. The summed E-state index contributed by atoms with van der Waals surface area (Å²) in [6, 6.07) is 8.30. The lowest BCUT2D eigenvalue weighted by Crippen LogP contribution is -2.29. The maximum Gasteiger partial charge on any atom is 0.179 e. The summed E-state index contributed by atoms with van der Waals surface area (Å²) in [6.07, 6.45) is -0.920. The van der Waals surface area contributed by atoms with E-state index in [9.17, 15) is 20.1 Å². The fourth-order valence-corrected chi connectivity index (χ4v) is 2.57. The number of Topliss-reactive ketones (excluding diaryl/α,β-unsaturated/α-hetero) is 1. The Bertz CT molecular complexity index is 736. The van der Waals surface area contributed by atoms with Gasteiger partial charge in [-0.2, -0.15) is 0 Å². The van der Waals surface area contributed by atoms with E-state index in [0.29, 0.717) is 5.56 Å². The van der Waals surface area contributed by atoms with Crippen molar-refractivity contribution in [1.82, 2.24) is 0 Å². The summed E-state index contributed by atoms with van der Waals surface area (Å²) in [5.74, 6) is -1.97. The van der Waals surface area contributed by atoms with Crippen LogP contribution in [0.25, 0.3) is 0 Å². The van der Waals surface area contributed by atoms with Crippen molar-refractivity contribution in [3.63, 3.8) is 0 Å². The van der Waals surface area contributed by atoms with Crippen LogP contribution in [0.5, 0.6) is 23.0 Å². The summed E-state index contributed by atoms with van der Waals surface area (Å²) in [5.41, 5.74) is 0.481. The molecule has 134 valence electrons. The topological polar surface area (TPSA) is 105 Å². The summed E-state index contributed by atoms with van der Waals surface area (Å²) in [5, 5.41) is 29.3. The number of carbonyl (C=O) groups excluding carboxylic acids is 1. The Kier molecular flexibility index (Phi) is 5.84. The fraction of sp³-hybridized carbons (Fsp3) is 0.278. The van der Waals surface area contributed by atoms with Gasteiger partial charge in [0, 0.05) is 20.3 Å². The van der Waals surface area contributed by atoms with Crippen LogP contribution in [-0.4, -0.2) is 48.7 Å². The first-order chi connectivity index (χ1) is 11.9. The highest BCUT2D eigenvalue weighted by Gasteiger charge is 2.33. The van der Waals surface area contributed by atoms with Gasteiger partial charge in [0.05, 0.1) is 18.6 Å². The molecular weight excluding hydrogens is 328 g/mol. The standard InChI is InChI=1S/C18H20O7/c1-23-15-8-12(13(20)9-14(15)21)17(22)16(18(24-2)25-3)10-4-6-11(19)7-5-10/h4-9,16,18-21H,1-3H3/t16-/m1/s1. The molecule has 3 N–H and O–H groups in total. The molecule has 0 aliphatic carbocycles. The molecule has 0 fully saturated rings. The van der Waals surface area contributed by atoms with Crippen molar-refractivity contribution in [1.29, 1.82) is 0 Å². The van der Waals surface area contributed by atoms with Crippen LogP contribution in [0, 0.1) is 0 Å². The van der Waals surface area contributed by atoms with E-state index in [4.69, 9.17) is 14.2 Å². The molecular formula is C18H20O7. The average molecular weight is 348 g/mol. The highest BCUT2D eigenvalue weighted by Crippen LogP contribution is 2.37. The van der Waals surface area contributed by atoms with Gasteiger partial charge in [-0.05, 0) is 23.8 Å². The molecule has 1 atom stereocenters. The summed E-state index contributed by atoms with van der Waals surface area (Å²) in [6.45, 7) is 0. The molecule has 0 aliphatic rings. The van der Waals surface area contributed by atoms with Gasteiger partial charge in [-0.1, -0.05) is 12.1 Å². The van der Waals surface area contributed by atoms with Crippen molar-refractivity contribution in [2.24, 2.45) is 0 Å². The third-order valence-electron chi connectivity index (χ3n) is 3.83. The number of aromatic hydroxyl groups is 3. The minimum atomic E-state index is -0.920. The summed E-state index contributed by atoms with van der Waals surface area (Å²) in [7, 11) is 4.13. The molecule has 2 rings (SSSR count). The number of phenols is 3. The van der Waals surface area contributed by atoms with E-state index in [2.05, 4.69) is 0 Å². The predicted molar refractivity (Wildman–Crippen MR) is 89.3 cm³/mol. The molecule has 7 heteroatoms. The zero-order valence-corrected chi connectivity index (χ0v) is 14.1. The van der Waals surface area contributed by atoms with Gasteiger partial charge in [0.15, 0.2) is 23.6 Å². The van der Waals surface area contributed by atoms with Crippen LogP contribution in [0.4, 0.5) is 0 Å². The molecule has 0 spiro atoms. The number of rotatable bonds is 7. The Morgan fingerprint density at radius 2 is 1.52 bits per heavy atom. The van der Waals surface area contributed by atoms with Crippen LogP contribution in [-0.2, 0) is 9.47 Å². The molecule has 0 aromatic heterocycles. The Labute approximate surface area is 145 Å². The lowest BCUT2D eigenvalue weighted by atomic mass is 9.89. The van der Waals surface area contributed by atoms with Crippen molar-refractivity contribution in [3.8, 4) is 23.0 Å². The van der Waals surface area contributed by atoms with Gasteiger partial charge < -0.3 is 29.5 Å². The quantitative estimate of drug-likeness (QED) is 0.521. The Hall–Kier alpha value is -2.77. The number of ether oxygens (including phenoxy) is 3. The van der Waals surface area contributed by atoms with E-state index in [1.54, 1.807) is 12.1 Å². The predicted octanol–water partition coefficient (Wildman–Crippen LogP) is 2.40. The second-order valence-corrected chi connectivity index (χ2v) is 5.31. The van der Waals surface area contributed by atoms with E-state index in [1.807, 2.05) is 0 Å². The fourth-order valence-electron chi connectivity index (χ4n) is 2.57. The second-order valence-electron chi connectivity index (χ2n) is 5.31. The van der Waals surface area contributed by atoms with E-state index in [-0.39, 0.29) is 22.8 Å². The Morgan fingerprint density at radius 3 is 2.04 bits per heavy atom. The third-order valence-corrected chi connectivity index (χ3v) is 3.83. The Balaban J connectivity index is 2.54. The van der Waals surface area contributed by atoms with Crippen LogP contribution >= 0.6 is 0 Å². The van der Waals surface area contributed by atoms with E-state index in [1.165, 1.54) is 39.5 Å². The maximum absolute atomic E-state index is 13.1. The number of phenolic OH excluding ortho intramolecular Hbond substituents is 3. The van der Waals surface area contributed by atoms with Gasteiger partial charge in [-0.3, -0.25) is 4.79 Å². The van der Waals surface area contributed by atoms with Crippen molar-refractivity contribution >= 4 is 5.78 Å². The van der Waals surface area contributed by atoms with Crippen molar-refractivity contribution < 1.29 is 34.3 Å². The monoisotopic (exact) mass is 348 g/mol. The SMILES string of the molecule is COc1cc(C(=O)[C@@H](c2ccc(O)cc2)C(OC)OC)c(O)cc1O. The molecule has 0 saturated heterocycles. The number of methoxy groups -OCH3 is 3. The molecule has 0 amide bonds. The Morgan fingerprint density at radius 1 is 0.920 bits per heavy atom. The molecule has 25 heavy (non-hydrogen) atoms. The number of ketones is 1. The smallest absolute Gasteiger partial charge is 0.179 e. The first-order valence-corrected chi connectivity index (χ1v) is 7.41. The molecule has 0 radical (unpaired) electrons. The van der Waals surface area contributed by atoms with Crippen LogP contribution in [0.1, 0.15) is 21.8 Å². The zero-order valence-electron chi connectivity index (χ0n) is 14.1. The van der Waals surface area contributed by atoms with Crippen molar-refractivity contribution in [2.45, 2.75) is 12.2 Å². The minimum Gasteiger partial charge on any atom is -0.508 e. The van der Waals surface area contributed by atoms with Crippen LogP contribution in [0.15, 0.2) is 36.4 Å². The van der Waals surface area contributed by atoms with Crippen molar-refractivity contribution in [2.75, 3.05) is 21.3 Å². The van der Waals surface area contributed by atoms with Gasteiger partial charge in [0.25, 0.3) is 0 Å². The van der Waals surface area contributed by atoms with Crippen LogP contribution in [0.3, 0.4) is 0 Å². The summed E-state index contributed by atoms with van der Waals surface area (Å²) < 4.78 is 15.5. The molecule has 0 heterocycles.